The molecule has 52 heavy (non-hydrogen) atoms. The number of benzene rings is 8. The fraction of sp³-hybridized carbons (Fsp3) is 0.0769. The largest absolute Gasteiger partial charge is 0.0622 e. The summed E-state index contributed by atoms with van der Waals surface area (Å²) >= 11 is 0. The number of hydrogen-bond acceptors (Lipinski definition) is 0. The summed E-state index contributed by atoms with van der Waals surface area (Å²) in [6, 6.07) is 78.2. The molecule has 0 spiro atoms. The second-order valence-corrected chi connectivity index (χ2v) is 13.4. The molecule has 0 aliphatic rings. The van der Waals surface area contributed by atoms with Gasteiger partial charge in [-0.2, -0.15) is 0 Å². The zero-order valence-electron chi connectivity index (χ0n) is 29.6. The van der Waals surface area contributed by atoms with Crippen LogP contribution < -0.4 is 0 Å². The van der Waals surface area contributed by atoms with Crippen molar-refractivity contribution < 1.29 is 0 Å². The molecular weight excluding hydrogens is 625 g/mol. The molecular formula is C52H44. The molecule has 0 amide bonds. The van der Waals surface area contributed by atoms with Gasteiger partial charge in [-0.05, 0) is 92.4 Å². The van der Waals surface area contributed by atoms with E-state index in [1.54, 1.807) is 0 Å². The van der Waals surface area contributed by atoms with E-state index in [1.807, 2.05) is 0 Å². The van der Waals surface area contributed by atoms with Crippen LogP contribution in [0.1, 0.15) is 44.5 Å². The summed E-state index contributed by atoms with van der Waals surface area (Å²) in [5.74, 6) is 0. The lowest BCUT2D eigenvalue weighted by Gasteiger charge is -2.07. The Morgan fingerprint density at radius 1 is 0.154 bits per heavy atom. The minimum atomic E-state index is 0.973. The van der Waals surface area contributed by atoms with Crippen LogP contribution in [0.4, 0.5) is 0 Å². The van der Waals surface area contributed by atoms with Gasteiger partial charge in [0.15, 0.2) is 0 Å². The zero-order valence-corrected chi connectivity index (χ0v) is 29.6. The van der Waals surface area contributed by atoms with Crippen molar-refractivity contribution in [2.24, 2.45) is 0 Å². The molecule has 0 heterocycles. The van der Waals surface area contributed by atoms with E-state index in [0.29, 0.717) is 0 Å². The molecule has 0 aliphatic heterocycles. The Kier molecular flexibility index (Phi) is 11.6. The van der Waals surface area contributed by atoms with Gasteiger partial charge in [0.2, 0.25) is 0 Å². The van der Waals surface area contributed by atoms with Crippen molar-refractivity contribution in [1.29, 1.82) is 0 Å². The zero-order chi connectivity index (χ0) is 35.2. The maximum Gasteiger partial charge on any atom is -0.00258 e. The van der Waals surface area contributed by atoms with Crippen LogP contribution in [0.2, 0.25) is 0 Å². The van der Waals surface area contributed by atoms with Crippen molar-refractivity contribution in [2.75, 3.05) is 0 Å². The summed E-state index contributed by atoms with van der Waals surface area (Å²) < 4.78 is 0. The van der Waals surface area contributed by atoms with Crippen LogP contribution in [-0.2, 0) is 25.7 Å². The highest BCUT2D eigenvalue weighted by atomic mass is 14.1. The van der Waals surface area contributed by atoms with Crippen LogP contribution in [-0.4, -0.2) is 0 Å². The van der Waals surface area contributed by atoms with Gasteiger partial charge >= 0.3 is 0 Å². The average Bonchev–Trinajstić information content (AvgIpc) is 3.21. The first-order chi connectivity index (χ1) is 25.7. The van der Waals surface area contributed by atoms with Gasteiger partial charge in [-0.3, -0.25) is 0 Å². The standard InChI is InChI=1S/2C26H22/c1-3-7-21(8-4-1)19-23-11-15-25(16-12-23)26-17-13-24(14-18-26)20-22-9-5-2-6-10-22;1-3-7-21(8-4-1)19-22-11-13-23(14-12-22)20-24-15-17-26(18-16-24)25-9-5-2-6-10-25/h2*1-18H,19-20H2. The molecule has 8 aromatic rings. The van der Waals surface area contributed by atoms with Crippen LogP contribution in [0.15, 0.2) is 218 Å². The Morgan fingerprint density at radius 2 is 0.327 bits per heavy atom. The highest BCUT2D eigenvalue weighted by molar-refractivity contribution is 5.65. The Morgan fingerprint density at radius 3 is 0.577 bits per heavy atom. The van der Waals surface area contributed by atoms with E-state index in [0.717, 1.165) is 25.7 Å². The number of hydrogen-bond donors (Lipinski definition) is 0. The van der Waals surface area contributed by atoms with Gasteiger partial charge in [0, 0.05) is 0 Å². The quantitative estimate of drug-likeness (QED) is 0.136. The first-order valence-electron chi connectivity index (χ1n) is 18.3. The summed E-state index contributed by atoms with van der Waals surface area (Å²) in [4.78, 5) is 0. The topological polar surface area (TPSA) is 0 Å². The van der Waals surface area contributed by atoms with Crippen molar-refractivity contribution in [1.82, 2.24) is 0 Å². The summed E-state index contributed by atoms with van der Waals surface area (Å²) in [6.07, 6.45) is 3.93. The minimum absolute atomic E-state index is 0.973. The lowest BCUT2D eigenvalue weighted by atomic mass is 9.98. The van der Waals surface area contributed by atoms with Crippen LogP contribution in [0.3, 0.4) is 0 Å². The normalized spacial score (nSPS) is 10.6. The molecule has 0 saturated carbocycles. The summed E-state index contributed by atoms with van der Waals surface area (Å²) in [5, 5.41) is 0. The number of rotatable bonds is 10. The third kappa shape index (κ3) is 9.93. The lowest BCUT2D eigenvalue weighted by Crippen LogP contribution is -1.91. The SMILES string of the molecule is c1ccc(Cc2ccc(-c3ccc(Cc4ccccc4)cc3)cc2)cc1.c1ccc(Cc2ccc(Cc3ccc(-c4ccccc4)cc3)cc2)cc1. The summed E-state index contributed by atoms with van der Waals surface area (Å²) in [5.41, 5.74) is 15.9. The van der Waals surface area contributed by atoms with Crippen LogP contribution in [0.25, 0.3) is 22.3 Å². The van der Waals surface area contributed by atoms with Gasteiger partial charge in [0.05, 0.1) is 0 Å². The van der Waals surface area contributed by atoms with Gasteiger partial charge in [0.1, 0.15) is 0 Å². The Hall–Kier alpha value is -6.24. The molecule has 8 rings (SSSR count). The molecule has 0 radical (unpaired) electrons. The molecule has 0 saturated heterocycles. The van der Waals surface area contributed by atoms with E-state index in [9.17, 15) is 0 Å². The van der Waals surface area contributed by atoms with Crippen molar-refractivity contribution in [3.05, 3.63) is 263 Å². The fourth-order valence-electron chi connectivity index (χ4n) is 6.58. The Bertz CT molecular complexity index is 2120. The van der Waals surface area contributed by atoms with Crippen LogP contribution in [0, 0.1) is 0 Å². The molecule has 0 fully saturated rings. The summed E-state index contributed by atoms with van der Waals surface area (Å²) in [7, 11) is 0. The monoisotopic (exact) mass is 668 g/mol. The van der Waals surface area contributed by atoms with E-state index in [4.69, 9.17) is 0 Å². The maximum absolute atomic E-state index is 2.25. The predicted molar refractivity (Wildman–Crippen MR) is 221 cm³/mol. The van der Waals surface area contributed by atoms with Gasteiger partial charge < -0.3 is 0 Å². The van der Waals surface area contributed by atoms with Gasteiger partial charge in [-0.1, -0.05) is 218 Å². The highest BCUT2D eigenvalue weighted by Crippen LogP contribution is 2.23. The van der Waals surface area contributed by atoms with E-state index in [2.05, 4.69) is 218 Å². The van der Waals surface area contributed by atoms with E-state index < -0.39 is 0 Å². The second kappa shape index (κ2) is 17.6. The van der Waals surface area contributed by atoms with Crippen molar-refractivity contribution in [2.45, 2.75) is 25.7 Å². The lowest BCUT2D eigenvalue weighted by molar-refractivity contribution is 1.15. The molecule has 0 unspecified atom stereocenters. The van der Waals surface area contributed by atoms with Crippen LogP contribution in [0.5, 0.6) is 0 Å². The maximum atomic E-state index is 2.25. The Balaban J connectivity index is 0.000000162. The van der Waals surface area contributed by atoms with Gasteiger partial charge in [-0.25, -0.2) is 0 Å². The average molecular weight is 669 g/mol. The third-order valence-corrected chi connectivity index (χ3v) is 9.49. The Labute approximate surface area is 309 Å². The molecule has 0 atom stereocenters. The van der Waals surface area contributed by atoms with E-state index in [-0.39, 0.29) is 0 Å². The van der Waals surface area contributed by atoms with E-state index in [1.165, 1.54) is 66.8 Å². The molecule has 0 bridgehead atoms. The fourth-order valence-corrected chi connectivity index (χ4v) is 6.58. The highest BCUT2D eigenvalue weighted by Gasteiger charge is 2.03. The smallest absolute Gasteiger partial charge is 0.00258 e. The van der Waals surface area contributed by atoms with Crippen molar-refractivity contribution >= 4 is 0 Å². The van der Waals surface area contributed by atoms with Gasteiger partial charge in [-0.15, -0.1) is 0 Å². The molecule has 252 valence electrons. The first kappa shape index (κ1) is 34.2. The van der Waals surface area contributed by atoms with Crippen molar-refractivity contribution in [3.63, 3.8) is 0 Å². The predicted octanol–water partition coefficient (Wildman–Crippen LogP) is 13.1. The van der Waals surface area contributed by atoms with Crippen LogP contribution >= 0.6 is 0 Å². The molecule has 0 heteroatoms. The minimum Gasteiger partial charge on any atom is -0.0622 e. The van der Waals surface area contributed by atoms with E-state index >= 15 is 0 Å². The molecule has 8 aromatic carbocycles. The molecule has 0 aromatic heterocycles. The molecule has 0 aliphatic carbocycles. The first-order valence-corrected chi connectivity index (χ1v) is 18.3. The molecule has 0 N–H and O–H groups in total. The van der Waals surface area contributed by atoms with Gasteiger partial charge in [0.25, 0.3) is 0 Å². The summed E-state index contributed by atoms with van der Waals surface area (Å²) in [6.45, 7) is 0. The second-order valence-electron chi connectivity index (χ2n) is 13.4. The van der Waals surface area contributed by atoms with Crippen molar-refractivity contribution in [3.8, 4) is 22.3 Å². The molecule has 0 nitrogen and oxygen atoms in total. The third-order valence-electron chi connectivity index (χ3n) is 9.49.